The Labute approximate surface area is 173 Å². The molecule has 3 rings (SSSR count). The summed E-state index contributed by atoms with van der Waals surface area (Å²) in [5.74, 6) is 1.23. The molecule has 0 aliphatic rings. The SMILES string of the molecule is COc1ccc(C(CNC(=O)c2sc3nc(C)n(C)c(=O)c3c2C)N(C)C)cc1. The molecule has 1 aromatic carbocycles. The van der Waals surface area contributed by atoms with Gasteiger partial charge in [-0.25, -0.2) is 4.98 Å². The molecule has 1 N–H and O–H groups in total. The normalized spacial score (nSPS) is 12.4. The summed E-state index contributed by atoms with van der Waals surface area (Å²) in [4.78, 5) is 33.1. The first kappa shape index (κ1) is 21.0. The third-order valence-corrected chi connectivity index (χ3v) is 6.37. The average Bonchev–Trinajstić information content (AvgIpc) is 3.02. The highest BCUT2D eigenvalue weighted by Gasteiger charge is 2.21. The summed E-state index contributed by atoms with van der Waals surface area (Å²) in [7, 11) is 7.28. The van der Waals surface area contributed by atoms with E-state index in [1.54, 1.807) is 28.0 Å². The van der Waals surface area contributed by atoms with Gasteiger partial charge in [0.25, 0.3) is 11.5 Å². The van der Waals surface area contributed by atoms with Gasteiger partial charge in [0.15, 0.2) is 0 Å². The molecule has 0 aliphatic carbocycles. The number of thiophene rings is 1. The van der Waals surface area contributed by atoms with Crippen LogP contribution in [0.4, 0.5) is 0 Å². The molecule has 0 spiro atoms. The van der Waals surface area contributed by atoms with E-state index in [1.165, 1.54) is 15.9 Å². The molecular weight excluding hydrogens is 388 g/mol. The van der Waals surface area contributed by atoms with Gasteiger partial charge in [0, 0.05) is 13.6 Å². The number of fused-ring (bicyclic) bond motifs is 1. The molecule has 2 aromatic heterocycles. The molecule has 7 nitrogen and oxygen atoms in total. The van der Waals surface area contributed by atoms with Gasteiger partial charge in [-0.1, -0.05) is 12.1 Å². The lowest BCUT2D eigenvalue weighted by molar-refractivity contribution is 0.0945. The van der Waals surface area contributed by atoms with Crippen LogP contribution in [0.25, 0.3) is 10.2 Å². The first-order chi connectivity index (χ1) is 13.7. The number of aromatic nitrogens is 2. The smallest absolute Gasteiger partial charge is 0.262 e. The van der Waals surface area contributed by atoms with Crippen molar-refractivity contribution in [1.82, 2.24) is 19.8 Å². The Bertz CT molecular complexity index is 1100. The number of ether oxygens (including phenoxy) is 1. The van der Waals surface area contributed by atoms with Crippen LogP contribution in [-0.2, 0) is 7.05 Å². The Morgan fingerprint density at radius 3 is 2.52 bits per heavy atom. The Morgan fingerprint density at radius 1 is 1.28 bits per heavy atom. The van der Waals surface area contributed by atoms with Crippen LogP contribution >= 0.6 is 11.3 Å². The number of benzene rings is 1. The van der Waals surface area contributed by atoms with Crippen LogP contribution < -0.4 is 15.6 Å². The van der Waals surface area contributed by atoms with Gasteiger partial charge in [-0.05, 0) is 51.2 Å². The van der Waals surface area contributed by atoms with E-state index in [0.29, 0.717) is 33.0 Å². The summed E-state index contributed by atoms with van der Waals surface area (Å²) < 4.78 is 6.73. The van der Waals surface area contributed by atoms with Crippen molar-refractivity contribution in [2.24, 2.45) is 7.05 Å². The van der Waals surface area contributed by atoms with E-state index in [2.05, 4.69) is 15.2 Å². The minimum Gasteiger partial charge on any atom is -0.497 e. The number of hydrogen-bond acceptors (Lipinski definition) is 6. The number of aryl methyl sites for hydroxylation is 2. The summed E-state index contributed by atoms with van der Waals surface area (Å²) in [6, 6.07) is 7.82. The lowest BCUT2D eigenvalue weighted by Crippen LogP contribution is -2.34. The maximum Gasteiger partial charge on any atom is 0.262 e. The number of methoxy groups -OCH3 is 1. The largest absolute Gasteiger partial charge is 0.497 e. The Kier molecular flexibility index (Phi) is 6.04. The second kappa shape index (κ2) is 8.34. The Hall–Kier alpha value is -2.71. The standard InChI is InChI=1S/C21H26N4O3S/c1-12-17-20(23-13(2)25(5)21(17)27)29-18(12)19(26)22-11-16(24(3)4)14-7-9-15(28-6)10-8-14/h7-10,16H,11H2,1-6H3,(H,22,26). The predicted octanol–water partition coefficient (Wildman–Crippen LogP) is 2.65. The molecule has 8 heteroatoms. The van der Waals surface area contributed by atoms with E-state index in [1.807, 2.05) is 38.4 Å². The lowest BCUT2D eigenvalue weighted by atomic mass is 10.1. The van der Waals surface area contributed by atoms with Crippen molar-refractivity contribution in [3.63, 3.8) is 0 Å². The van der Waals surface area contributed by atoms with Gasteiger partial charge >= 0.3 is 0 Å². The quantitative estimate of drug-likeness (QED) is 0.671. The minimum atomic E-state index is -0.189. The number of hydrogen-bond donors (Lipinski definition) is 1. The van der Waals surface area contributed by atoms with Gasteiger partial charge in [0.1, 0.15) is 16.4 Å². The van der Waals surface area contributed by atoms with Gasteiger partial charge in [-0.2, -0.15) is 0 Å². The fraction of sp³-hybridized carbons (Fsp3) is 0.381. The molecule has 0 aliphatic heterocycles. The van der Waals surface area contributed by atoms with Crippen LogP contribution in [0.3, 0.4) is 0 Å². The third kappa shape index (κ3) is 4.04. The van der Waals surface area contributed by atoms with E-state index in [4.69, 9.17) is 4.74 Å². The molecule has 1 amide bonds. The molecular formula is C21H26N4O3S. The number of nitrogens with one attached hydrogen (secondary N) is 1. The molecule has 154 valence electrons. The molecule has 0 saturated heterocycles. The topological polar surface area (TPSA) is 76.5 Å². The summed E-state index contributed by atoms with van der Waals surface area (Å²) >= 11 is 1.26. The third-order valence-electron chi connectivity index (χ3n) is 5.18. The van der Waals surface area contributed by atoms with Gasteiger partial charge in [-0.15, -0.1) is 11.3 Å². The lowest BCUT2D eigenvalue weighted by Gasteiger charge is -2.25. The number of nitrogens with zero attached hydrogens (tertiary/aromatic N) is 3. The minimum absolute atomic E-state index is 0.00720. The summed E-state index contributed by atoms with van der Waals surface area (Å²) in [6.45, 7) is 4.03. The zero-order valence-corrected chi connectivity index (χ0v) is 18.4. The zero-order valence-electron chi connectivity index (χ0n) is 17.6. The molecule has 29 heavy (non-hydrogen) atoms. The van der Waals surface area contributed by atoms with Crippen molar-refractivity contribution in [2.45, 2.75) is 19.9 Å². The number of amides is 1. The molecule has 0 fully saturated rings. The summed E-state index contributed by atoms with van der Waals surface area (Å²) in [5, 5.41) is 3.54. The van der Waals surface area contributed by atoms with E-state index in [9.17, 15) is 9.59 Å². The van der Waals surface area contributed by atoms with Gasteiger partial charge < -0.3 is 15.0 Å². The fourth-order valence-electron chi connectivity index (χ4n) is 3.28. The maximum absolute atomic E-state index is 12.9. The van der Waals surface area contributed by atoms with Crippen molar-refractivity contribution >= 4 is 27.5 Å². The molecule has 2 heterocycles. The van der Waals surface area contributed by atoms with Crippen LogP contribution in [0, 0.1) is 13.8 Å². The number of rotatable bonds is 6. The molecule has 0 saturated carbocycles. The van der Waals surface area contributed by atoms with Crippen molar-refractivity contribution in [3.8, 4) is 5.75 Å². The number of carbonyl (C=O) groups excluding carboxylic acids is 1. The zero-order chi connectivity index (χ0) is 21.3. The highest BCUT2D eigenvalue weighted by atomic mass is 32.1. The molecule has 0 radical (unpaired) electrons. The van der Waals surface area contributed by atoms with E-state index in [-0.39, 0.29) is 17.5 Å². The Morgan fingerprint density at radius 2 is 1.93 bits per heavy atom. The number of likely N-dealkylation sites (N-methyl/N-ethyl adjacent to an activating group) is 1. The molecule has 1 atom stereocenters. The van der Waals surface area contributed by atoms with Crippen molar-refractivity contribution < 1.29 is 9.53 Å². The van der Waals surface area contributed by atoms with E-state index in [0.717, 1.165) is 11.3 Å². The molecule has 0 bridgehead atoms. The highest BCUT2D eigenvalue weighted by Crippen LogP contribution is 2.27. The monoisotopic (exact) mass is 414 g/mol. The van der Waals surface area contributed by atoms with Crippen molar-refractivity contribution in [2.75, 3.05) is 27.7 Å². The second-order valence-corrected chi connectivity index (χ2v) is 8.22. The van der Waals surface area contributed by atoms with Crippen LogP contribution in [0.5, 0.6) is 5.75 Å². The maximum atomic E-state index is 12.9. The number of carbonyl (C=O) groups is 1. The van der Waals surface area contributed by atoms with Gasteiger partial charge in [0.05, 0.1) is 23.4 Å². The van der Waals surface area contributed by atoms with Crippen LogP contribution in [-0.4, -0.2) is 48.1 Å². The first-order valence-corrected chi connectivity index (χ1v) is 10.1. The van der Waals surface area contributed by atoms with Gasteiger partial charge in [-0.3, -0.25) is 14.2 Å². The van der Waals surface area contributed by atoms with E-state index < -0.39 is 0 Å². The van der Waals surface area contributed by atoms with Crippen LogP contribution in [0.2, 0.25) is 0 Å². The second-order valence-electron chi connectivity index (χ2n) is 7.22. The van der Waals surface area contributed by atoms with Crippen molar-refractivity contribution in [3.05, 3.63) is 56.4 Å². The van der Waals surface area contributed by atoms with Crippen LogP contribution in [0.15, 0.2) is 29.1 Å². The predicted molar refractivity (Wildman–Crippen MR) is 116 cm³/mol. The Balaban J connectivity index is 1.84. The summed E-state index contributed by atoms with van der Waals surface area (Å²) in [5.41, 5.74) is 1.64. The van der Waals surface area contributed by atoms with Crippen LogP contribution in [0.1, 0.15) is 32.7 Å². The first-order valence-electron chi connectivity index (χ1n) is 9.29. The molecule has 1 unspecified atom stereocenters. The summed E-state index contributed by atoms with van der Waals surface area (Å²) in [6.07, 6.45) is 0. The fourth-order valence-corrected chi connectivity index (χ4v) is 4.41. The van der Waals surface area contributed by atoms with E-state index >= 15 is 0 Å². The highest BCUT2D eigenvalue weighted by molar-refractivity contribution is 7.20. The van der Waals surface area contributed by atoms with Gasteiger partial charge in [0.2, 0.25) is 0 Å². The van der Waals surface area contributed by atoms with Crippen molar-refractivity contribution in [1.29, 1.82) is 0 Å². The molecule has 3 aromatic rings. The average molecular weight is 415 g/mol.